The van der Waals surface area contributed by atoms with Crippen molar-refractivity contribution in [2.45, 2.75) is 24.5 Å². The first-order valence-corrected chi connectivity index (χ1v) is 5.34. The van der Waals surface area contributed by atoms with Crippen molar-refractivity contribution in [3.05, 3.63) is 0 Å². The molecule has 1 unspecified atom stereocenters. The third-order valence-corrected chi connectivity index (χ3v) is 2.39. The van der Waals surface area contributed by atoms with E-state index in [-0.39, 0.29) is 4.71 Å². The highest BCUT2D eigenvalue weighted by atomic mass is 35.5. The molecule has 0 fully saturated rings. The Labute approximate surface area is 87.7 Å². The van der Waals surface area contributed by atoms with Crippen LogP contribution in [0.3, 0.4) is 0 Å². The number of nitrogens with one attached hydrogen (secondary N) is 1. The second-order valence-corrected chi connectivity index (χ2v) is 5.07. The van der Waals surface area contributed by atoms with Crippen molar-refractivity contribution >= 4 is 39.9 Å². The fraction of sp³-hybridized carbons (Fsp3) is 0.714. The van der Waals surface area contributed by atoms with E-state index < -0.39 is 0 Å². The van der Waals surface area contributed by atoms with Gasteiger partial charge in [-0.05, 0) is 13.3 Å². The number of hydrogen-bond acceptors (Lipinski definition) is 3. The molecule has 0 heterocycles. The lowest BCUT2D eigenvalue weighted by Crippen LogP contribution is -2.20. The second-order valence-electron chi connectivity index (χ2n) is 2.14. The van der Waals surface area contributed by atoms with Crippen LogP contribution in [0.4, 0.5) is 0 Å². The Bertz CT molecular complexity index is 177. The maximum Gasteiger partial charge on any atom is 0.135 e. The normalized spacial score (nSPS) is 11.8. The monoisotopic (exact) mass is 222 g/mol. The quantitative estimate of drug-likeness (QED) is 0.451. The molecule has 1 atom stereocenters. The van der Waals surface area contributed by atoms with Crippen LogP contribution in [-0.4, -0.2) is 15.6 Å². The van der Waals surface area contributed by atoms with Crippen LogP contribution < -0.4 is 5.32 Å². The molecule has 0 rings (SSSR count). The number of hydrogen-bond donors (Lipinski definition) is 1. The number of nitrogens with zero attached hydrogens (tertiary/aromatic N) is 1. The van der Waals surface area contributed by atoms with Gasteiger partial charge < -0.3 is 5.32 Å². The average molecular weight is 223 g/mol. The van der Waals surface area contributed by atoms with E-state index in [1.165, 1.54) is 11.8 Å². The van der Waals surface area contributed by atoms with E-state index in [2.05, 4.69) is 11.4 Å². The molecular weight excluding hydrogens is 212 g/mol. The molecule has 0 aliphatic heterocycles. The zero-order chi connectivity index (χ0) is 9.40. The average Bonchev–Trinajstić information content (AvgIpc) is 1.97. The van der Waals surface area contributed by atoms with Gasteiger partial charge in [-0.2, -0.15) is 5.26 Å². The summed E-state index contributed by atoms with van der Waals surface area (Å²) in [6.07, 6.45) is 1.39. The van der Waals surface area contributed by atoms with Gasteiger partial charge in [0, 0.05) is 13.0 Å². The molecular formula is C7H11ClN2S2. The van der Waals surface area contributed by atoms with Crippen molar-refractivity contribution in [2.75, 3.05) is 6.54 Å². The van der Waals surface area contributed by atoms with Gasteiger partial charge in [0.15, 0.2) is 0 Å². The molecule has 5 heteroatoms. The van der Waals surface area contributed by atoms with E-state index in [4.69, 9.17) is 29.1 Å². The topological polar surface area (TPSA) is 35.8 Å². The minimum atomic E-state index is 0.000895. The zero-order valence-corrected chi connectivity index (χ0v) is 9.23. The molecule has 0 bridgehead atoms. The fourth-order valence-corrected chi connectivity index (χ4v) is 1.99. The highest BCUT2D eigenvalue weighted by Crippen LogP contribution is 2.14. The number of thiocarbonyl (C=S) groups is 1. The molecule has 0 aromatic carbocycles. The Morgan fingerprint density at radius 3 is 3.00 bits per heavy atom. The number of alkyl halides is 1. The van der Waals surface area contributed by atoms with Gasteiger partial charge in [0.1, 0.15) is 4.32 Å². The van der Waals surface area contributed by atoms with E-state index in [9.17, 15) is 0 Å². The van der Waals surface area contributed by atoms with Gasteiger partial charge in [-0.15, -0.1) is 11.6 Å². The third-order valence-electron chi connectivity index (χ3n) is 1.00. The Kier molecular flexibility index (Phi) is 7.67. The number of halogens is 1. The fourth-order valence-electron chi connectivity index (χ4n) is 0.547. The molecule has 0 aromatic rings. The summed E-state index contributed by atoms with van der Waals surface area (Å²) in [5.74, 6) is 0. The Morgan fingerprint density at radius 2 is 2.50 bits per heavy atom. The van der Waals surface area contributed by atoms with Gasteiger partial charge in [-0.3, -0.25) is 0 Å². The second kappa shape index (κ2) is 7.66. The maximum absolute atomic E-state index is 8.24. The third kappa shape index (κ3) is 8.12. The molecule has 0 aromatic heterocycles. The van der Waals surface area contributed by atoms with Crippen LogP contribution in [0.15, 0.2) is 0 Å². The highest BCUT2D eigenvalue weighted by Gasteiger charge is 2.00. The van der Waals surface area contributed by atoms with Crippen molar-refractivity contribution in [2.24, 2.45) is 0 Å². The van der Waals surface area contributed by atoms with Crippen molar-refractivity contribution in [1.82, 2.24) is 5.32 Å². The lowest BCUT2D eigenvalue weighted by Gasteiger charge is -2.06. The summed E-state index contributed by atoms with van der Waals surface area (Å²) in [5.41, 5.74) is 0. The van der Waals surface area contributed by atoms with Crippen LogP contribution in [0.2, 0.25) is 0 Å². The van der Waals surface area contributed by atoms with Crippen LogP contribution in [0.5, 0.6) is 0 Å². The van der Waals surface area contributed by atoms with Gasteiger partial charge in [-0.25, -0.2) is 0 Å². The summed E-state index contributed by atoms with van der Waals surface area (Å²) in [7, 11) is 0. The Hall–Kier alpha value is 0.0200. The van der Waals surface area contributed by atoms with E-state index >= 15 is 0 Å². The predicted molar refractivity (Wildman–Crippen MR) is 58.4 cm³/mol. The van der Waals surface area contributed by atoms with Gasteiger partial charge in [0.05, 0.1) is 10.8 Å². The lowest BCUT2D eigenvalue weighted by atomic mass is 10.3. The van der Waals surface area contributed by atoms with Crippen LogP contribution >= 0.6 is 35.6 Å². The van der Waals surface area contributed by atoms with Gasteiger partial charge in [0.25, 0.3) is 0 Å². The van der Waals surface area contributed by atoms with E-state index in [1.54, 1.807) is 0 Å². The van der Waals surface area contributed by atoms with E-state index in [1.807, 2.05) is 6.92 Å². The predicted octanol–water partition coefficient (Wildman–Crippen LogP) is 2.48. The molecule has 68 valence electrons. The Morgan fingerprint density at radius 1 is 1.83 bits per heavy atom. The van der Waals surface area contributed by atoms with Crippen LogP contribution in [-0.2, 0) is 0 Å². The Balaban J connectivity index is 3.27. The molecule has 0 radical (unpaired) electrons. The van der Waals surface area contributed by atoms with Crippen molar-refractivity contribution in [1.29, 1.82) is 5.26 Å². The number of thioether (sulfide) groups is 1. The first-order chi connectivity index (χ1) is 5.66. The standard InChI is InChI=1S/C7H11ClN2S2/c1-6(8)12-7(11)10-5-3-2-4-9/h6H,2-3,5H2,1H3,(H,10,11). The first-order valence-electron chi connectivity index (χ1n) is 3.62. The molecule has 2 nitrogen and oxygen atoms in total. The van der Waals surface area contributed by atoms with Crippen LogP contribution in [0, 0.1) is 11.3 Å². The van der Waals surface area contributed by atoms with Gasteiger partial charge >= 0.3 is 0 Å². The first kappa shape index (κ1) is 12.0. The summed E-state index contributed by atoms with van der Waals surface area (Å²) >= 11 is 12.1. The molecule has 12 heavy (non-hydrogen) atoms. The minimum absolute atomic E-state index is 0.000895. The van der Waals surface area contributed by atoms with Gasteiger partial charge in [-0.1, -0.05) is 24.0 Å². The van der Waals surface area contributed by atoms with Gasteiger partial charge in [0.2, 0.25) is 0 Å². The molecule has 0 amide bonds. The molecule has 0 saturated heterocycles. The van der Waals surface area contributed by atoms with Crippen molar-refractivity contribution in [3.8, 4) is 6.07 Å². The molecule has 0 spiro atoms. The zero-order valence-electron chi connectivity index (χ0n) is 6.84. The van der Waals surface area contributed by atoms with Crippen molar-refractivity contribution in [3.63, 3.8) is 0 Å². The van der Waals surface area contributed by atoms with E-state index in [0.717, 1.165) is 13.0 Å². The highest BCUT2D eigenvalue weighted by molar-refractivity contribution is 8.24. The molecule has 1 N–H and O–H groups in total. The summed E-state index contributed by atoms with van der Waals surface area (Å²) < 4.78 is 0.705. The molecule has 0 saturated carbocycles. The lowest BCUT2D eigenvalue weighted by molar-refractivity contribution is 0.804. The smallest absolute Gasteiger partial charge is 0.135 e. The molecule has 0 aliphatic carbocycles. The van der Waals surface area contributed by atoms with Crippen molar-refractivity contribution < 1.29 is 0 Å². The maximum atomic E-state index is 8.24. The van der Waals surface area contributed by atoms with Crippen LogP contribution in [0.25, 0.3) is 0 Å². The summed E-state index contributed by atoms with van der Waals surface area (Å²) in [4.78, 5) is 0. The number of unbranched alkanes of at least 4 members (excludes halogenated alkanes) is 1. The summed E-state index contributed by atoms with van der Waals surface area (Å²) in [5, 5.41) is 11.2. The number of rotatable bonds is 4. The largest absolute Gasteiger partial charge is 0.371 e. The summed E-state index contributed by atoms with van der Waals surface area (Å²) in [6, 6.07) is 2.07. The molecule has 0 aliphatic rings. The SMILES string of the molecule is CC(Cl)SC(=S)NCCCC#N. The minimum Gasteiger partial charge on any atom is -0.371 e. The van der Waals surface area contributed by atoms with E-state index in [0.29, 0.717) is 10.7 Å². The summed E-state index contributed by atoms with van der Waals surface area (Å²) in [6.45, 7) is 2.62. The van der Waals surface area contributed by atoms with Crippen LogP contribution in [0.1, 0.15) is 19.8 Å². The number of nitriles is 1.